The van der Waals surface area contributed by atoms with Crippen molar-refractivity contribution in [3.63, 3.8) is 0 Å². The summed E-state index contributed by atoms with van der Waals surface area (Å²) >= 11 is 6.19. The van der Waals surface area contributed by atoms with Crippen LogP contribution in [-0.2, 0) is 6.42 Å². The zero-order chi connectivity index (χ0) is 15.4. The van der Waals surface area contributed by atoms with Gasteiger partial charge in [-0.25, -0.2) is 0 Å². The Morgan fingerprint density at radius 1 is 1.10 bits per heavy atom. The van der Waals surface area contributed by atoms with E-state index in [1.165, 1.54) is 16.7 Å². The third-order valence-electron chi connectivity index (χ3n) is 3.87. The first kappa shape index (κ1) is 15.9. The molecule has 0 heterocycles. The molecule has 21 heavy (non-hydrogen) atoms. The number of aryl methyl sites for hydroxylation is 2. The minimum atomic E-state index is 0.273. The van der Waals surface area contributed by atoms with Gasteiger partial charge in [-0.05, 0) is 67.8 Å². The zero-order valence-electron chi connectivity index (χ0n) is 13.0. The molecule has 0 aliphatic rings. The lowest BCUT2D eigenvalue weighted by atomic mass is 9.94. The van der Waals surface area contributed by atoms with E-state index in [0.29, 0.717) is 0 Å². The van der Waals surface area contributed by atoms with E-state index < -0.39 is 0 Å². The minimum Gasteiger partial charge on any atom is -0.497 e. The third kappa shape index (κ3) is 3.78. The Bertz CT molecular complexity index is 607. The molecule has 2 nitrogen and oxygen atoms in total. The second kappa shape index (κ2) is 6.97. The predicted molar refractivity (Wildman–Crippen MR) is 89.4 cm³/mol. The van der Waals surface area contributed by atoms with Gasteiger partial charge in [0.1, 0.15) is 5.75 Å². The highest BCUT2D eigenvalue weighted by molar-refractivity contribution is 6.31. The number of methoxy groups -OCH3 is 1. The van der Waals surface area contributed by atoms with Gasteiger partial charge in [0.25, 0.3) is 0 Å². The molecule has 2 rings (SSSR count). The highest BCUT2D eigenvalue weighted by Crippen LogP contribution is 2.27. The van der Waals surface area contributed by atoms with Gasteiger partial charge in [-0.1, -0.05) is 29.8 Å². The first-order valence-corrected chi connectivity index (χ1v) is 7.49. The summed E-state index contributed by atoms with van der Waals surface area (Å²) in [5.41, 5.74) is 4.92. The predicted octanol–water partition coefficient (Wildman–Crippen LogP) is 4.47. The van der Waals surface area contributed by atoms with E-state index >= 15 is 0 Å². The summed E-state index contributed by atoms with van der Waals surface area (Å²) in [4.78, 5) is 0. The fraction of sp³-hybridized carbons (Fsp3) is 0.333. The van der Waals surface area contributed by atoms with Crippen LogP contribution >= 0.6 is 11.6 Å². The molecule has 1 atom stereocenters. The summed E-state index contributed by atoms with van der Waals surface area (Å²) in [5.74, 6) is 0.887. The summed E-state index contributed by atoms with van der Waals surface area (Å²) in [5, 5.41) is 4.24. The summed E-state index contributed by atoms with van der Waals surface area (Å²) in [6, 6.07) is 12.7. The van der Waals surface area contributed by atoms with Gasteiger partial charge in [0.2, 0.25) is 0 Å². The Morgan fingerprint density at radius 3 is 2.33 bits per heavy atom. The van der Waals surface area contributed by atoms with E-state index in [1.54, 1.807) is 7.11 Å². The monoisotopic (exact) mass is 303 g/mol. The van der Waals surface area contributed by atoms with Crippen LogP contribution in [-0.4, -0.2) is 14.2 Å². The normalized spacial score (nSPS) is 12.2. The molecule has 2 aromatic rings. The lowest BCUT2D eigenvalue weighted by Gasteiger charge is -2.20. The molecule has 0 fully saturated rings. The minimum absolute atomic E-state index is 0.273. The number of benzene rings is 2. The molecule has 0 bridgehead atoms. The second-order valence-electron chi connectivity index (χ2n) is 5.35. The van der Waals surface area contributed by atoms with Crippen LogP contribution in [0.4, 0.5) is 0 Å². The number of rotatable bonds is 5. The number of nitrogens with one attached hydrogen (secondary N) is 1. The standard InChI is InChI=1S/C18H22ClNO/c1-12-10-17(19)13(2)9-16(12)18(20-3)11-14-5-7-15(21-4)8-6-14/h5-10,18,20H,11H2,1-4H3. The molecule has 0 radical (unpaired) electrons. The lowest BCUT2D eigenvalue weighted by Crippen LogP contribution is -2.20. The molecule has 0 aliphatic heterocycles. The molecule has 0 aromatic heterocycles. The van der Waals surface area contributed by atoms with Crippen molar-refractivity contribution in [1.29, 1.82) is 0 Å². The highest BCUT2D eigenvalue weighted by Gasteiger charge is 2.14. The van der Waals surface area contributed by atoms with E-state index in [0.717, 1.165) is 22.8 Å². The lowest BCUT2D eigenvalue weighted by molar-refractivity contribution is 0.414. The van der Waals surface area contributed by atoms with Crippen molar-refractivity contribution in [2.45, 2.75) is 26.3 Å². The molecule has 0 saturated heterocycles. The highest BCUT2D eigenvalue weighted by atomic mass is 35.5. The van der Waals surface area contributed by atoms with Crippen molar-refractivity contribution in [3.05, 3.63) is 63.7 Å². The van der Waals surface area contributed by atoms with Crippen LogP contribution in [0.5, 0.6) is 5.75 Å². The van der Waals surface area contributed by atoms with Crippen molar-refractivity contribution in [3.8, 4) is 5.75 Å². The van der Waals surface area contributed by atoms with Gasteiger partial charge in [0, 0.05) is 11.1 Å². The van der Waals surface area contributed by atoms with Gasteiger partial charge >= 0.3 is 0 Å². The summed E-state index contributed by atoms with van der Waals surface area (Å²) in [6.45, 7) is 4.16. The molecule has 0 saturated carbocycles. The molecule has 112 valence electrons. The molecule has 0 aliphatic carbocycles. The maximum absolute atomic E-state index is 6.19. The third-order valence-corrected chi connectivity index (χ3v) is 4.28. The van der Waals surface area contributed by atoms with Crippen LogP contribution < -0.4 is 10.1 Å². The SMILES string of the molecule is CNC(Cc1ccc(OC)cc1)c1cc(C)c(Cl)cc1C. The second-order valence-corrected chi connectivity index (χ2v) is 5.76. The van der Waals surface area contributed by atoms with E-state index in [4.69, 9.17) is 16.3 Å². The van der Waals surface area contributed by atoms with Crippen molar-refractivity contribution in [1.82, 2.24) is 5.32 Å². The molecular weight excluding hydrogens is 282 g/mol. The van der Waals surface area contributed by atoms with Crippen LogP contribution in [0.25, 0.3) is 0 Å². The van der Waals surface area contributed by atoms with Gasteiger partial charge in [0.05, 0.1) is 7.11 Å². The van der Waals surface area contributed by atoms with E-state index in [1.807, 2.05) is 32.2 Å². The Morgan fingerprint density at radius 2 is 1.76 bits per heavy atom. The average molecular weight is 304 g/mol. The number of ether oxygens (including phenoxy) is 1. The summed E-state index contributed by atoms with van der Waals surface area (Å²) in [7, 11) is 3.68. The quantitative estimate of drug-likeness (QED) is 0.880. The van der Waals surface area contributed by atoms with E-state index in [9.17, 15) is 0 Å². The number of halogens is 1. The Kier molecular flexibility index (Phi) is 5.27. The molecular formula is C18H22ClNO. The molecule has 2 aromatic carbocycles. The Hall–Kier alpha value is -1.51. The summed E-state index contributed by atoms with van der Waals surface area (Å²) in [6.07, 6.45) is 0.933. The van der Waals surface area contributed by atoms with Crippen LogP contribution in [0, 0.1) is 13.8 Å². The van der Waals surface area contributed by atoms with Crippen molar-refractivity contribution >= 4 is 11.6 Å². The van der Waals surface area contributed by atoms with Gasteiger partial charge in [-0.2, -0.15) is 0 Å². The van der Waals surface area contributed by atoms with Gasteiger partial charge < -0.3 is 10.1 Å². The van der Waals surface area contributed by atoms with Gasteiger partial charge in [-0.3, -0.25) is 0 Å². The molecule has 0 spiro atoms. The first-order valence-electron chi connectivity index (χ1n) is 7.12. The molecule has 3 heteroatoms. The van der Waals surface area contributed by atoms with Crippen LogP contribution in [0.15, 0.2) is 36.4 Å². The maximum atomic E-state index is 6.19. The number of hydrogen-bond acceptors (Lipinski definition) is 2. The maximum Gasteiger partial charge on any atom is 0.118 e. The van der Waals surface area contributed by atoms with Gasteiger partial charge in [0.15, 0.2) is 0 Å². The fourth-order valence-corrected chi connectivity index (χ4v) is 2.76. The molecule has 1 unspecified atom stereocenters. The van der Waals surface area contributed by atoms with E-state index in [2.05, 4.69) is 30.4 Å². The number of likely N-dealkylation sites (N-methyl/N-ethyl adjacent to an activating group) is 1. The van der Waals surface area contributed by atoms with Crippen LogP contribution in [0.2, 0.25) is 5.02 Å². The van der Waals surface area contributed by atoms with Crippen molar-refractivity contribution in [2.75, 3.05) is 14.2 Å². The Balaban J connectivity index is 2.25. The largest absolute Gasteiger partial charge is 0.497 e. The molecule has 0 amide bonds. The Labute approximate surface area is 132 Å². The van der Waals surface area contributed by atoms with E-state index in [-0.39, 0.29) is 6.04 Å². The average Bonchev–Trinajstić information content (AvgIpc) is 2.49. The van der Waals surface area contributed by atoms with Crippen molar-refractivity contribution in [2.24, 2.45) is 0 Å². The van der Waals surface area contributed by atoms with Crippen LogP contribution in [0.3, 0.4) is 0 Å². The molecule has 1 N–H and O–H groups in total. The number of hydrogen-bond donors (Lipinski definition) is 1. The smallest absolute Gasteiger partial charge is 0.118 e. The fourth-order valence-electron chi connectivity index (χ4n) is 2.54. The van der Waals surface area contributed by atoms with Crippen LogP contribution in [0.1, 0.15) is 28.3 Å². The topological polar surface area (TPSA) is 21.3 Å². The van der Waals surface area contributed by atoms with Gasteiger partial charge in [-0.15, -0.1) is 0 Å². The summed E-state index contributed by atoms with van der Waals surface area (Å²) < 4.78 is 5.20. The van der Waals surface area contributed by atoms with Crippen molar-refractivity contribution < 1.29 is 4.74 Å². The zero-order valence-corrected chi connectivity index (χ0v) is 13.8. The first-order chi connectivity index (χ1) is 10.0.